The molecule has 0 heterocycles. The van der Waals surface area contributed by atoms with E-state index in [1.54, 1.807) is 14.0 Å². The summed E-state index contributed by atoms with van der Waals surface area (Å²) in [6, 6.07) is 5.82. The molecule has 2 N–H and O–H groups in total. The van der Waals surface area contributed by atoms with Crippen LogP contribution in [-0.4, -0.2) is 45.1 Å². The summed E-state index contributed by atoms with van der Waals surface area (Å²) in [6.45, 7) is 4.59. The van der Waals surface area contributed by atoms with Crippen molar-refractivity contribution in [3.63, 3.8) is 0 Å². The highest BCUT2D eigenvalue weighted by Gasteiger charge is 2.10. The highest BCUT2D eigenvalue weighted by atomic mass is 35.5. The molecule has 0 fully saturated rings. The van der Waals surface area contributed by atoms with E-state index in [1.165, 1.54) is 0 Å². The van der Waals surface area contributed by atoms with Crippen LogP contribution in [0.15, 0.2) is 18.2 Å². The summed E-state index contributed by atoms with van der Waals surface area (Å²) in [5.41, 5.74) is 2.20. The van der Waals surface area contributed by atoms with E-state index in [0.717, 1.165) is 24.3 Å². The van der Waals surface area contributed by atoms with Crippen LogP contribution >= 0.6 is 11.6 Å². The van der Waals surface area contributed by atoms with Crippen LogP contribution in [0.1, 0.15) is 12.5 Å². The van der Waals surface area contributed by atoms with Crippen molar-refractivity contribution in [2.24, 2.45) is 0 Å². The van der Waals surface area contributed by atoms with Gasteiger partial charge >= 0.3 is 0 Å². The number of aliphatic hydroxyl groups is 1. The zero-order chi connectivity index (χ0) is 14.3. The van der Waals surface area contributed by atoms with Crippen LogP contribution in [-0.2, 0) is 11.3 Å². The van der Waals surface area contributed by atoms with Crippen molar-refractivity contribution in [2.45, 2.75) is 19.6 Å². The van der Waals surface area contributed by atoms with Crippen LogP contribution < -0.4 is 10.2 Å². The lowest BCUT2D eigenvalue weighted by Crippen LogP contribution is -2.28. The summed E-state index contributed by atoms with van der Waals surface area (Å²) < 4.78 is 5.00. The fraction of sp³-hybridized carbons (Fsp3) is 0.571. The zero-order valence-corrected chi connectivity index (χ0v) is 12.6. The van der Waals surface area contributed by atoms with Crippen molar-refractivity contribution in [1.82, 2.24) is 5.32 Å². The highest BCUT2D eigenvalue weighted by molar-refractivity contribution is 6.30. The van der Waals surface area contributed by atoms with Crippen molar-refractivity contribution in [3.8, 4) is 0 Å². The molecular weight excluding hydrogens is 264 g/mol. The van der Waals surface area contributed by atoms with Gasteiger partial charge in [-0.3, -0.25) is 0 Å². The maximum Gasteiger partial charge on any atom is 0.0686 e. The van der Waals surface area contributed by atoms with E-state index in [-0.39, 0.29) is 6.10 Å². The van der Waals surface area contributed by atoms with E-state index in [9.17, 15) is 5.11 Å². The molecule has 0 radical (unpaired) electrons. The molecule has 0 aliphatic heterocycles. The van der Waals surface area contributed by atoms with Crippen molar-refractivity contribution < 1.29 is 9.84 Å². The van der Waals surface area contributed by atoms with E-state index in [4.69, 9.17) is 16.3 Å². The Hall–Kier alpha value is -0.810. The van der Waals surface area contributed by atoms with Crippen LogP contribution in [0.3, 0.4) is 0 Å². The van der Waals surface area contributed by atoms with Gasteiger partial charge in [-0.2, -0.15) is 0 Å². The summed E-state index contributed by atoms with van der Waals surface area (Å²) in [5, 5.41) is 13.5. The van der Waals surface area contributed by atoms with Gasteiger partial charge in [0.15, 0.2) is 0 Å². The fourth-order valence-corrected chi connectivity index (χ4v) is 2.10. The van der Waals surface area contributed by atoms with E-state index >= 15 is 0 Å². The molecule has 1 atom stereocenters. The lowest BCUT2D eigenvalue weighted by molar-refractivity contribution is 0.199. The Morgan fingerprint density at radius 1 is 1.47 bits per heavy atom. The van der Waals surface area contributed by atoms with Gasteiger partial charge in [-0.05, 0) is 24.6 Å². The molecule has 0 saturated carbocycles. The lowest BCUT2D eigenvalue weighted by atomic mass is 10.1. The molecule has 1 unspecified atom stereocenters. The van der Waals surface area contributed by atoms with Gasteiger partial charge in [-0.1, -0.05) is 17.7 Å². The molecule has 0 bridgehead atoms. The summed E-state index contributed by atoms with van der Waals surface area (Å²) in [4.78, 5) is 2.02. The average Bonchev–Trinajstić information content (AvgIpc) is 2.35. The molecule has 0 spiro atoms. The van der Waals surface area contributed by atoms with Crippen LogP contribution in [0, 0.1) is 0 Å². The first-order chi connectivity index (χ1) is 9.04. The molecule has 4 nitrogen and oxygen atoms in total. The monoisotopic (exact) mass is 286 g/mol. The Bertz CT molecular complexity index is 386. The summed E-state index contributed by atoms with van der Waals surface area (Å²) in [5.74, 6) is 0. The molecule has 1 aromatic rings. The predicted molar refractivity (Wildman–Crippen MR) is 80.0 cm³/mol. The second kappa shape index (κ2) is 8.38. The minimum absolute atomic E-state index is 0.377. The first kappa shape index (κ1) is 16.2. The van der Waals surface area contributed by atoms with Gasteiger partial charge in [0.25, 0.3) is 0 Å². The van der Waals surface area contributed by atoms with Crippen LogP contribution in [0.5, 0.6) is 0 Å². The number of ether oxygens (including phenoxy) is 1. The maximum absolute atomic E-state index is 9.48. The SMILES string of the molecule is COCCNCc1ccc(Cl)cc1N(C)CC(C)O. The molecule has 0 saturated heterocycles. The molecule has 0 aliphatic rings. The van der Waals surface area contributed by atoms with E-state index in [0.29, 0.717) is 18.2 Å². The topological polar surface area (TPSA) is 44.7 Å². The molecule has 0 aliphatic carbocycles. The minimum atomic E-state index is -0.377. The van der Waals surface area contributed by atoms with Gasteiger partial charge in [-0.15, -0.1) is 0 Å². The van der Waals surface area contributed by atoms with Crippen LogP contribution in [0.25, 0.3) is 0 Å². The van der Waals surface area contributed by atoms with Crippen molar-refractivity contribution >= 4 is 17.3 Å². The molecule has 5 heteroatoms. The molecule has 19 heavy (non-hydrogen) atoms. The van der Waals surface area contributed by atoms with Crippen molar-refractivity contribution in [1.29, 1.82) is 0 Å². The largest absolute Gasteiger partial charge is 0.392 e. The molecule has 1 aromatic carbocycles. The van der Waals surface area contributed by atoms with E-state index in [2.05, 4.69) is 5.32 Å². The number of benzene rings is 1. The van der Waals surface area contributed by atoms with Gasteiger partial charge in [-0.25, -0.2) is 0 Å². The number of hydrogen-bond acceptors (Lipinski definition) is 4. The number of halogens is 1. The highest BCUT2D eigenvalue weighted by Crippen LogP contribution is 2.24. The number of methoxy groups -OCH3 is 1. The third-order valence-corrected chi connectivity index (χ3v) is 3.03. The number of rotatable bonds is 8. The first-order valence-electron chi connectivity index (χ1n) is 6.42. The quantitative estimate of drug-likeness (QED) is 0.717. The van der Waals surface area contributed by atoms with Gasteiger partial charge in [0.05, 0.1) is 12.7 Å². The number of nitrogens with zero attached hydrogens (tertiary/aromatic N) is 1. The third kappa shape index (κ3) is 5.78. The lowest BCUT2D eigenvalue weighted by Gasteiger charge is -2.24. The van der Waals surface area contributed by atoms with Gasteiger partial charge < -0.3 is 20.1 Å². The zero-order valence-electron chi connectivity index (χ0n) is 11.8. The number of hydrogen-bond donors (Lipinski definition) is 2. The van der Waals surface area contributed by atoms with E-state index in [1.807, 2.05) is 30.1 Å². The molecular formula is C14H23ClN2O2. The van der Waals surface area contributed by atoms with Crippen LogP contribution in [0.2, 0.25) is 5.02 Å². The first-order valence-corrected chi connectivity index (χ1v) is 6.79. The molecule has 0 aromatic heterocycles. The Balaban J connectivity index is 2.73. The van der Waals surface area contributed by atoms with Crippen molar-refractivity contribution in [3.05, 3.63) is 28.8 Å². The fourth-order valence-electron chi connectivity index (χ4n) is 1.93. The Morgan fingerprint density at radius 2 is 2.21 bits per heavy atom. The predicted octanol–water partition coefficient (Wildman–Crippen LogP) is 1.89. The Labute approximate surface area is 120 Å². The average molecular weight is 287 g/mol. The number of nitrogens with one attached hydrogen (secondary N) is 1. The number of anilines is 1. The minimum Gasteiger partial charge on any atom is -0.392 e. The van der Waals surface area contributed by atoms with Crippen molar-refractivity contribution in [2.75, 3.05) is 38.8 Å². The normalized spacial score (nSPS) is 12.5. The van der Waals surface area contributed by atoms with Gasteiger partial charge in [0.1, 0.15) is 0 Å². The standard InChI is InChI=1S/C14H23ClN2O2/c1-11(18)10-17(2)14-8-13(15)5-4-12(14)9-16-6-7-19-3/h4-5,8,11,16,18H,6-7,9-10H2,1-3H3. The van der Waals surface area contributed by atoms with Crippen LogP contribution in [0.4, 0.5) is 5.69 Å². The second-order valence-electron chi connectivity index (χ2n) is 4.67. The summed E-state index contributed by atoms with van der Waals surface area (Å²) in [7, 11) is 3.64. The Morgan fingerprint density at radius 3 is 2.84 bits per heavy atom. The summed E-state index contributed by atoms with van der Waals surface area (Å²) >= 11 is 6.05. The number of aliphatic hydroxyl groups excluding tert-OH is 1. The number of likely N-dealkylation sites (N-methyl/N-ethyl adjacent to an activating group) is 1. The van der Waals surface area contributed by atoms with E-state index < -0.39 is 0 Å². The van der Waals surface area contributed by atoms with Gasteiger partial charge in [0.2, 0.25) is 0 Å². The molecule has 0 amide bonds. The molecule has 1 rings (SSSR count). The molecule has 108 valence electrons. The second-order valence-corrected chi connectivity index (χ2v) is 5.11. The smallest absolute Gasteiger partial charge is 0.0686 e. The van der Waals surface area contributed by atoms with Gasteiger partial charge in [0, 0.05) is 44.5 Å². The Kier molecular flexibility index (Phi) is 7.16. The third-order valence-electron chi connectivity index (χ3n) is 2.80. The maximum atomic E-state index is 9.48. The summed E-state index contributed by atoms with van der Waals surface area (Å²) in [6.07, 6.45) is -0.377.